The number of hydrogen-bond donors (Lipinski definition) is 3. The molecule has 29 heavy (non-hydrogen) atoms. The quantitative estimate of drug-likeness (QED) is 0.599. The first-order valence-corrected chi connectivity index (χ1v) is 9.23. The van der Waals surface area contributed by atoms with E-state index in [0.717, 1.165) is 27.6 Å². The lowest BCUT2D eigenvalue weighted by atomic mass is 9.90. The molecule has 2 aliphatic heterocycles. The molecule has 3 N–H and O–H groups in total. The summed E-state index contributed by atoms with van der Waals surface area (Å²) in [6, 6.07) is 9.36. The van der Waals surface area contributed by atoms with E-state index in [1.165, 1.54) is 0 Å². The first-order chi connectivity index (χ1) is 14.0. The number of methoxy groups -OCH3 is 2. The van der Waals surface area contributed by atoms with Crippen LogP contribution in [0.15, 0.2) is 42.2 Å². The van der Waals surface area contributed by atoms with E-state index >= 15 is 0 Å². The van der Waals surface area contributed by atoms with Gasteiger partial charge in [0.05, 0.1) is 31.4 Å². The number of fused-ring (bicyclic) bond motifs is 1. The van der Waals surface area contributed by atoms with Gasteiger partial charge in [0.1, 0.15) is 5.70 Å². The zero-order valence-electron chi connectivity index (χ0n) is 16.2. The minimum atomic E-state index is -0.434. The number of carbonyl (C=O) groups excluding carboxylic acids is 2. The highest BCUT2D eigenvalue weighted by Gasteiger charge is 2.40. The highest BCUT2D eigenvalue weighted by molar-refractivity contribution is 6.37. The number of ether oxygens (including phenoxy) is 2. The summed E-state index contributed by atoms with van der Waals surface area (Å²) >= 11 is 0. The number of nitrogens with one attached hydrogen (secondary N) is 3. The van der Waals surface area contributed by atoms with Crippen molar-refractivity contribution < 1.29 is 19.1 Å². The first-order valence-electron chi connectivity index (χ1n) is 9.23. The molecular weight excluding hydrogens is 370 g/mol. The summed E-state index contributed by atoms with van der Waals surface area (Å²) < 4.78 is 11.3. The van der Waals surface area contributed by atoms with Crippen molar-refractivity contribution in [1.29, 1.82) is 0 Å². The fourth-order valence-electron chi connectivity index (χ4n) is 4.33. The molecule has 7 heteroatoms. The average Bonchev–Trinajstić information content (AvgIpc) is 3.19. The highest BCUT2D eigenvalue weighted by atomic mass is 16.5. The maximum Gasteiger partial charge on any atom is 0.275 e. The van der Waals surface area contributed by atoms with E-state index in [1.54, 1.807) is 20.4 Å². The van der Waals surface area contributed by atoms with Crippen molar-refractivity contribution in [2.24, 2.45) is 0 Å². The maximum absolute atomic E-state index is 12.6. The minimum Gasteiger partial charge on any atom is -0.493 e. The number of H-pyrrole nitrogens is 1. The van der Waals surface area contributed by atoms with Crippen molar-refractivity contribution in [2.75, 3.05) is 14.2 Å². The molecule has 0 fully saturated rings. The molecule has 2 aliphatic rings. The zero-order valence-corrected chi connectivity index (χ0v) is 16.2. The van der Waals surface area contributed by atoms with Gasteiger partial charge in [-0.05, 0) is 18.1 Å². The van der Waals surface area contributed by atoms with Crippen LogP contribution in [0.3, 0.4) is 0 Å². The predicted molar refractivity (Wildman–Crippen MR) is 108 cm³/mol. The normalized spacial score (nSPS) is 17.7. The molecule has 0 bridgehead atoms. The lowest BCUT2D eigenvalue weighted by molar-refractivity contribution is -0.123. The number of carbonyl (C=O) groups is 2. The van der Waals surface area contributed by atoms with E-state index < -0.39 is 17.9 Å². The predicted octanol–water partition coefficient (Wildman–Crippen LogP) is 2.55. The summed E-state index contributed by atoms with van der Waals surface area (Å²) in [5, 5.41) is 6.57. The molecule has 1 atom stereocenters. The van der Waals surface area contributed by atoms with Gasteiger partial charge in [0.2, 0.25) is 0 Å². The fraction of sp³-hybridized carbons (Fsp3) is 0.182. The average molecular weight is 389 g/mol. The van der Waals surface area contributed by atoms with Crippen LogP contribution in [-0.2, 0) is 9.59 Å². The van der Waals surface area contributed by atoms with Gasteiger partial charge in [-0.3, -0.25) is 14.9 Å². The Balaban J connectivity index is 1.94. The second-order valence-electron chi connectivity index (χ2n) is 7.12. The lowest BCUT2D eigenvalue weighted by Gasteiger charge is -2.25. The Morgan fingerprint density at radius 1 is 1.03 bits per heavy atom. The molecule has 5 rings (SSSR count). The van der Waals surface area contributed by atoms with Gasteiger partial charge >= 0.3 is 0 Å². The fourth-order valence-corrected chi connectivity index (χ4v) is 4.33. The van der Waals surface area contributed by atoms with Gasteiger partial charge in [0.25, 0.3) is 11.8 Å². The molecule has 0 spiro atoms. The second-order valence-corrected chi connectivity index (χ2v) is 7.12. The molecule has 0 aliphatic carbocycles. The van der Waals surface area contributed by atoms with Gasteiger partial charge in [0, 0.05) is 28.8 Å². The van der Waals surface area contributed by atoms with E-state index in [9.17, 15) is 9.59 Å². The van der Waals surface area contributed by atoms with E-state index in [1.807, 2.05) is 37.3 Å². The van der Waals surface area contributed by atoms with Crippen LogP contribution in [-0.4, -0.2) is 31.0 Å². The molecule has 3 aromatic rings. The smallest absolute Gasteiger partial charge is 0.275 e. The summed E-state index contributed by atoms with van der Waals surface area (Å²) in [5.74, 6) is 0.290. The van der Waals surface area contributed by atoms with Gasteiger partial charge in [-0.25, -0.2) is 0 Å². The Bertz CT molecular complexity index is 1240. The SMILES string of the molecule is COc1cc2[nH]cc3c2c(c1OC)C(c1ccccc1C)NC1=C3C(=O)NC1=O. The second kappa shape index (κ2) is 6.13. The summed E-state index contributed by atoms with van der Waals surface area (Å²) in [6.07, 6.45) is 1.75. The highest BCUT2D eigenvalue weighted by Crippen LogP contribution is 2.48. The molecule has 1 aromatic heterocycles. The zero-order chi connectivity index (χ0) is 20.3. The standard InChI is InChI=1S/C22H19N3O4/c1-10-6-4-5-7-11(10)18-17-15-12(16-19(24-18)22(27)25-21(16)26)9-23-13(15)8-14(28-2)20(17)29-3/h4-9,18,23-24H,1-3H3,(H,25,26,27). The number of aromatic nitrogens is 1. The number of aromatic amines is 1. The molecule has 0 saturated carbocycles. The summed E-state index contributed by atoms with van der Waals surface area (Å²) in [7, 11) is 3.17. The number of rotatable bonds is 3. The Labute approximate surface area is 166 Å². The third kappa shape index (κ3) is 2.30. The number of amides is 2. The van der Waals surface area contributed by atoms with Crippen LogP contribution in [0.25, 0.3) is 16.5 Å². The van der Waals surface area contributed by atoms with Crippen molar-refractivity contribution >= 4 is 28.3 Å². The van der Waals surface area contributed by atoms with E-state index in [2.05, 4.69) is 15.6 Å². The van der Waals surface area contributed by atoms with Crippen molar-refractivity contribution in [3.8, 4) is 11.5 Å². The van der Waals surface area contributed by atoms with Crippen LogP contribution in [0.4, 0.5) is 0 Å². The maximum atomic E-state index is 12.6. The lowest BCUT2D eigenvalue weighted by Crippen LogP contribution is -2.30. The van der Waals surface area contributed by atoms with E-state index in [4.69, 9.17) is 9.47 Å². The monoisotopic (exact) mass is 389 g/mol. The number of benzene rings is 2. The molecule has 7 nitrogen and oxygen atoms in total. The molecule has 2 amide bonds. The Hall–Kier alpha value is -3.74. The Kier molecular flexibility index (Phi) is 3.67. The molecule has 0 saturated heterocycles. The van der Waals surface area contributed by atoms with E-state index in [-0.39, 0.29) is 5.70 Å². The largest absolute Gasteiger partial charge is 0.493 e. The van der Waals surface area contributed by atoms with Crippen LogP contribution in [0.2, 0.25) is 0 Å². The first kappa shape index (κ1) is 17.4. The van der Waals surface area contributed by atoms with Crippen LogP contribution < -0.4 is 20.1 Å². The van der Waals surface area contributed by atoms with Crippen LogP contribution in [0.1, 0.15) is 28.3 Å². The third-order valence-corrected chi connectivity index (χ3v) is 5.63. The third-order valence-electron chi connectivity index (χ3n) is 5.63. The topological polar surface area (TPSA) is 92.4 Å². The van der Waals surface area contributed by atoms with Gasteiger partial charge in [-0.15, -0.1) is 0 Å². The molecule has 3 heterocycles. The Morgan fingerprint density at radius 3 is 2.55 bits per heavy atom. The number of imide groups is 1. The molecule has 1 unspecified atom stereocenters. The van der Waals surface area contributed by atoms with Crippen LogP contribution >= 0.6 is 0 Å². The summed E-state index contributed by atoms with van der Waals surface area (Å²) in [4.78, 5) is 28.4. The number of aryl methyl sites for hydroxylation is 1. The van der Waals surface area contributed by atoms with Gasteiger partial charge < -0.3 is 19.8 Å². The number of hydrogen-bond acceptors (Lipinski definition) is 5. The molecule has 2 aromatic carbocycles. The van der Waals surface area contributed by atoms with Gasteiger partial charge in [-0.2, -0.15) is 0 Å². The van der Waals surface area contributed by atoms with Crippen LogP contribution in [0.5, 0.6) is 11.5 Å². The summed E-state index contributed by atoms with van der Waals surface area (Å²) in [5.41, 5.74) is 4.92. The van der Waals surface area contributed by atoms with Crippen LogP contribution in [0, 0.1) is 6.92 Å². The molecule has 0 radical (unpaired) electrons. The molecular formula is C22H19N3O4. The van der Waals surface area contributed by atoms with Crippen molar-refractivity contribution in [3.63, 3.8) is 0 Å². The van der Waals surface area contributed by atoms with Crippen molar-refractivity contribution in [3.05, 3.63) is 64.5 Å². The minimum absolute atomic E-state index is 0.265. The summed E-state index contributed by atoms with van der Waals surface area (Å²) in [6.45, 7) is 2.01. The van der Waals surface area contributed by atoms with Crippen molar-refractivity contribution in [2.45, 2.75) is 13.0 Å². The van der Waals surface area contributed by atoms with Gasteiger partial charge in [-0.1, -0.05) is 24.3 Å². The van der Waals surface area contributed by atoms with Gasteiger partial charge in [0.15, 0.2) is 11.5 Å². The Morgan fingerprint density at radius 2 is 1.83 bits per heavy atom. The van der Waals surface area contributed by atoms with E-state index in [0.29, 0.717) is 22.6 Å². The molecule has 146 valence electrons. The van der Waals surface area contributed by atoms with Crippen molar-refractivity contribution in [1.82, 2.24) is 15.6 Å².